The van der Waals surface area contributed by atoms with Crippen LogP contribution in [0.1, 0.15) is 34.1 Å². The molecule has 1 aliphatic heterocycles. The zero-order valence-electron chi connectivity index (χ0n) is 10.5. The summed E-state index contributed by atoms with van der Waals surface area (Å²) in [6.07, 6.45) is 1.47. The fourth-order valence-corrected chi connectivity index (χ4v) is 1.95. The Bertz CT molecular complexity index is 196. The van der Waals surface area contributed by atoms with Crippen LogP contribution in [0.3, 0.4) is 0 Å². The predicted octanol–water partition coefficient (Wildman–Crippen LogP) is 1.37. The molecule has 1 saturated heterocycles. The molecule has 0 aromatic rings. The first kappa shape index (κ1) is 12.9. The lowest BCUT2D eigenvalue weighted by atomic mass is 9.79. The average Bonchev–Trinajstić information content (AvgIpc) is 2.23. The number of nitrogens with one attached hydrogen (secondary N) is 1. The maximum atomic E-state index is 5.65. The Kier molecular flexibility index (Phi) is 4.56. The van der Waals surface area contributed by atoms with Gasteiger partial charge in [-0.25, -0.2) is 0 Å². The van der Waals surface area contributed by atoms with Gasteiger partial charge in [-0.3, -0.25) is 0 Å². The van der Waals surface area contributed by atoms with E-state index in [1.165, 1.54) is 6.42 Å². The molecule has 0 aromatic carbocycles. The van der Waals surface area contributed by atoms with Gasteiger partial charge in [0.2, 0.25) is 0 Å². The Labute approximate surface area is 93.8 Å². The van der Waals surface area contributed by atoms with Crippen LogP contribution in [0, 0.1) is 11.3 Å². The van der Waals surface area contributed by atoms with Crippen LogP contribution < -0.4 is 11.1 Å². The third-order valence-corrected chi connectivity index (χ3v) is 3.93. The molecule has 0 saturated carbocycles. The molecular weight excluding hydrogens is 188 g/mol. The van der Waals surface area contributed by atoms with E-state index in [4.69, 9.17) is 10.5 Å². The van der Waals surface area contributed by atoms with Crippen LogP contribution in [0.25, 0.3) is 0 Å². The van der Waals surface area contributed by atoms with Gasteiger partial charge < -0.3 is 15.8 Å². The minimum atomic E-state index is 0.245. The Morgan fingerprint density at radius 2 is 2.20 bits per heavy atom. The average molecular weight is 214 g/mol. The van der Waals surface area contributed by atoms with Gasteiger partial charge in [0.25, 0.3) is 0 Å². The van der Waals surface area contributed by atoms with Crippen molar-refractivity contribution in [3.8, 4) is 0 Å². The van der Waals surface area contributed by atoms with Gasteiger partial charge >= 0.3 is 0 Å². The third-order valence-electron chi connectivity index (χ3n) is 3.93. The summed E-state index contributed by atoms with van der Waals surface area (Å²) in [6.45, 7) is 11.5. The molecule has 0 radical (unpaired) electrons. The van der Waals surface area contributed by atoms with Crippen molar-refractivity contribution in [2.45, 2.75) is 46.3 Å². The lowest BCUT2D eigenvalue weighted by Gasteiger charge is -2.47. The quantitative estimate of drug-likeness (QED) is 0.702. The first-order valence-electron chi connectivity index (χ1n) is 6.08. The highest BCUT2D eigenvalue weighted by molar-refractivity contribution is 4.94. The van der Waals surface area contributed by atoms with Gasteiger partial charge in [-0.15, -0.1) is 0 Å². The Balaban J connectivity index is 2.30. The van der Waals surface area contributed by atoms with Crippen molar-refractivity contribution in [1.82, 2.24) is 5.32 Å². The zero-order valence-corrected chi connectivity index (χ0v) is 10.5. The van der Waals surface area contributed by atoms with E-state index in [0.29, 0.717) is 12.6 Å². The molecule has 1 fully saturated rings. The van der Waals surface area contributed by atoms with Gasteiger partial charge in [-0.1, -0.05) is 27.2 Å². The highest BCUT2D eigenvalue weighted by Gasteiger charge is 2.43. The number of ether oxygens (including phenoxy) is 1. The van der Waals surface area contributed by atoms with Crippen LogP contribution in [0.4, 0.5) is 0 Å². The maximum absolute atomic E-state index is 5.65. The van der Waals surface area contributed by atoms with Crippen molar-refractivity contribution in [3.05, 3.63) is 0 Å². The molecule has 3 heteroatoms. The molecule has 0 bridgehead atoms. The Morgan fingerprint density at radius 1 is 1.53 bits per heavy atom. The van der Waals surface area contributed by atoms with E-state index < -0.39 is 0 Å². The Hall–Kier alpha value is -0.120. The first-order chi connectivity index (χ1) is 7.03. The van der Waals surface area contributed by atoms with E-state index >= 15 is 0 Å². The van der Waals surface area contributed by atoms with Gasteiger partial charge in [0, 0.05) is 24.5 Å². The second-order valence-electron chi connectivity index (χ2n) is 5.24. The number of hydrogen-bond acceptors (Lipinski definition) is 3. The minimum Gasteiger partial charge on any atom is -0.375 e. The van der Waals surface area contributed by atoms with Crippen LogP contribution in [-0.4, -0.2) is 31.8 Å². The van der Waals surface area contributed by atoms with Crippen LogP contribution in [-0.2, 0) is 4.74 Å². The molecule has 4 atom stereocenters. The molecule has 0 aliphatic carbocycles. The van der Waals surface area contributed by atoms with Crippen LogP contribution in [0.5, 0.6) is 0 Å². The molecule has 3 nitrogen and oxygen atoms in total. The normalized spacial score (nSPS) is 34.6. The molecule has 1 aliphatic rings. The summed E-state index contributed by atoms with van der Waals surface area (Å²) in [6, 6.07) is 0.575. The van der Waals surface area contributed by atoms with Gasteiger partial charge in [0.15, 0.2) is 0 Å². The van der Waals surface area contributed by atoms with E-state index in [2.05, 4.69) is 33.0 Å². The van der Waals surface area contributed by atoms with Crippen LogP contribution in [0.15, 0.2) is 0 Å². The molecule has 1 rings (SSSR count). The molecule has 15 heavy (non-hydrogen) atoms. The Morgan fingerprint density at radius 3 is 2.60 bits per heavy atom. The summed E-state index contributed by atoms with van der Waals surface area (Å²) in [4.78, 5) is 0. The number of rotatable bonds is 6. The second kappa shape index (κ2) is 5.28. The van der Waals surface area contributed by atoms with Crippen molar-refractivity contribution in [2.75, 3.05) is 19.7 Å². The van der Waals surface area contributed by atoms with Crippen LogP contribution >= 0.6 is 0 Å². The zero-order chi connectivity index (χ0) is 11.5. The molecule has 90 valence electrons. The molecule has 4 unspecified atom stereocenters. The fourth-order valence-electron chi connectivity index (χ4n) is 1.95. The third kappa shape index (κ3) is 2.92. The highest BCUT2D eigenvalue weighted by atomic mass is 16.5. The van der Waals surface area contributed by atoms with E-state index in [1.807, 2.05) is 0 Å². The van der Waals surface area contributed by atoms with Gasteiger partial charge in [-0.05, 0) is 12.8 Å². The van der Waals surface area contributed by atoms with E-state index in [1.54, 1.807) is 0 Å². The largest absolute Gasteiger partial charge is 0.375 e. The fraction of sp³-hybridized carbons (Fsp3) is 1.00. The lowest BCUT2D eigenvalue weighted by Crippen LogP contribution is -2.59. The molecule has 0 spiro atoms. The van der Waals surface area contributed by atoms with E-state index in [-0.39, 0.29) is 11.5 Å². The number of nitrogens with two attached hydrogens (primary N) is 1. The van der Waals surface area contributed by atoms with Crippen LogP contribution in [0.2, 0.25) is 0 Å². The van der Waals surface area contributed by atoms with Gasteiger partial charge in [-0.2, -0.15) is 0 Å². The maximum Gasteiger partial charge on any atom is 0.0785 e. The summed E-state index contributed by atoms with van der Waals surface area (Å²) < 4.78 is 5.45. The minimum absolute atomic E-state index is 0.245. The number of hydrogen-bond donors (Lipinski definition) is 2. The summed E-state index contributed by atoms with van der Waals surface area (Å²) in [5.74, 6) is 0.728. The summed E-state index contributed by atoms with van der Waals surface area (Å²) in [7, 11) is 0. The highest BCUT2D eigenvalue weighted by Crippen LogP contribution is 2.33. The second-order valence-corrected chi connectivity index (χ2v) is 5.24. The molecule has 0 amide bonds. The SMILES string of the molecule is CCC(C)C(C)NCC1(C)COC1CN. The summed E-state index contributed by atoms with van der Waals surface area (Å²) >= 11 is 0. The van der Waals surface area contributed by atoms with E-state index in [0.717, 1.165) is 19.1 Å². The smallest absolute Gasteiger partial charge is 0.0785 e. The van der Waals surface area contributed by atoms with Crippen molar-refractivity contribution < 1.29 is 4.74 Å². The summed E-state index contributed by atoms with van der Waals surface area (Å²) in [5, 5.41) is 3.60. The van der Waals surface area contributed by atoms with E-state index in [9.17, 15) is 0 Å². The van der Waals surface area contributed by atoms with Crippen molar-refractivity contribution in [2.24, 2.45) is 17.1 Å². The van der Waals surface area contributed by atoms with Gasteiger partial charge in [0.1, 0.15) is 0 Å². The van der Waals surface area contributed by atoms with Crippen molar-refractivity contribution >= 4 is 0 Å². The standard InChI is InChI=1S/C12H26N2O/c1-5-9(2)10(3)14-7-12(4)8-15-11(12)6-13/h9-11,14H,5-8,13H2,1-4H3. The van der Waals surface area contributed by atoms with Crippen molar-refractivity contribution in [3.63, 3.8) is 0 Å². The molecule has 1 heterocycles. The first-order valence-corrected chi connectivity index (χ1v) is 6.08. The molecule has 3 N–H and O–H groups in total. The predicted molar refractivity (Wildman–Crippen MR) is 63.8 cm³/mol. The molecule has 0 aromatic heterocycles. The van der Waals surface area contributed by atoms with Crippen molar-refractivity contribution in [1.29, 1.82) is 0 Å². The summed E-state index contributed by atoms with van der Waals surface area (Å²) in [5.41, 5.74) is 5.90. The lowest BCUT2D eigenvalue weighted by molar-refractivity contribution is -0.170. The van der Waals surface area contributed by atoms with Gasteiger partial charge in [0.05, 0.1) is 12.7 Å². The monoisotopic (exact) mass is 214 g/mol. The molecular formula is C12H26N2O. The topological polar surface area (TPSA) is 47.3 Å².